The zero-order chi connectivity index (χ0) is 7.49. The van der Waals surface area contributed by atoms with Crippen LogP contribution >= 0.6 is 11.6 Å². The normalized spacial score (nSPS) is 15.4. The number of rotatable bonds is 3. The molecule has 1 unspecified atom stereocenters. The van der Waals surface area contributed by atoms with Crippen molar-refractivity contribution in [2.24, 2.45) is 0 Å². The first-order chi connectivity index (χ1) is 3.95. The monoisotopic (exact) mass is 174 g/mol. The van der Waals surface area contributed by atoms with Crippen molar-refractivity contribution in [3.8, 4) is 0 Å². The molecular formula is C4H8ClFO2S. The molecule has 0 radical (unpaired) electrons. The Labute approximate surface area is 59.2 Å². The standard InChI is InChI=1S/C4H8ClFO2S/c1-2-4(5)3-9(6,7)8/h4H,2-3H2,1H3. The lowest BCUT2D eigenvalue weighted by molar-refractivity contribution is 0.549. The van der Waals surface area contributed by atoms with Gasteiger partial charge in [0.25, 0.3) is 0 Å². The molecule has 0 aromatic rings. The van der Waals surface area contributed by atoms with Crippen LogP contribution in [0.25, 0.3) is 0 Å². The molecule has 0 spiro atoms. The Bertz CT molecular complexity index is 165. The summed E-state index contributed by atoms with van der Waals surface area (Å²) in [5.41, 5.74) is 0. The molecule has 0 aromatic carbocycles. The van der Waals surface area contributed by atoms with Crippen LogP contribution in [-0.2, 0) is 10.2 Å². The summed E-state index contributed by atoms with van der Waals surface area (Å²) in [5, 5.41) is -0.597. The van der Waals surface area contributed by atoms with E-state index in [1.807, 2.05) is 0 Å². The maximum atomic E-state index is 11.7. The molecule has 2 nitrogen and oxygen atoms in total. The molecule has 0 aliphatic carbocycles. The van der Waals surface area contributed by atoms with Crippen LogP contribution in [0.1, 0.15) is 13.3 Å². The van der Waals surface area contributed by atoms with E-state index in [0.29, 0.717) is 6.42 Å². The van der Waals surface area contributed by atoms with Crippen molar-refractivity contribution < 1.29 is 12.3 Å². The Morgan fingerprint density at radius 1 is 1.67 bits per heavy atom. The molecule has 0 bridgehead atoms. The van der Waals surface area contributed by atoms with E-state index in [4.69, 9.17) is 11.6 Å². The van der Waals surface area contributed by atoms with Crippen molar-refractivity contribution in [3.05, 3.63) is 0 Å². The molecule has 0 fully saturated rings. The molecule has 0 rings (SSSR count). The van der Waals surface area contributed by atoms with Crippen LogP contribution in [0.2, 0.25) is 0 Å². The van der Waals surface area contributed by atoms with Crippen molar-refractivity contribution in [1.82, 2.24) is 0 Å². The molecule has 0 saturated carbocycles. The van der Waals surface area contributed by atoms with Crippen molar-refractivity contribution >= 4 is 21.8 Å². The first-order valence-electron chi connectivity index (χ1n) is 2.52. The van der Waals surface area contributed by atoms with Gasteiger partial charge < -0.3 is 0 Å². The fraction of sp³-hybridized carbons (Fsp3) is 1.00. The van der Waals surface area contributed by atoms with Crippen LogP contribution in [0.3, 0.4) is 0 Å². The van der Waals surface area contributed by atoms with Gasteiger partial charge in [-0.1, -0.05) is 6.92 Å². The molecule has 0 aromatic heterocycles. The maximum absolute atomic E-state index is 11.7. The Hall–Kier alpha value is 0.170. The summed E-state index contributed by atoms with van der Waals surface area (Å²) in [6.45, 7) is 1.70. The average Bonchev–Trinajstić information content (AvgIpc) is 1.62. The molecule has 9 heavy (non-hydrogen) atoms. The Balaban J connectivity index is 3.75. The van der Waals surface area contributed by atoms with Gasteiger partial charge in [0.1, 0.15) is 0 Å². The molecule has 0 N–H and O–H groups in total. The highest BCUT2D eigenvalue weighted by molar-refractivity contribution is 7.86. The zero-order valence-electron chi connectivity index (χ0n) is 4.97. The first kappa shape index (κ1) is 9.17. The van der Waals surface area contributed by atoms with Gasteiger partial charge in [0.2, 0.25) is 0 Å². The lowest BCUT2D eigenvalue weighted by Gasteiger charge is -1.99. The molecule has 1 atom stereocenters. The highest BCUT2D eigenvalue weighted by Gasteiger charge is 2.13. The molecule has 0 aliphatic rings. The van der Waals surface area contributed by atoms with Crippen molar-refractivity contribution in [2.45, 2.75) is 18.7 Å². The van der Waals surface area contributed by atoms with E-state index < -0.39 is 21.4 Å². The Kier molecular flexibility index (Phi) is 3.43. The fourth-order valence-corrected chi connectivity index (χ4v) is 1.45. The maximum Gasteiger partial charge on any atom is 0.303 e. The lowest BCUT2D eigenvalue weighted by Crippen LogP contribution is -2.10. The van der Waals surface area contributed by atoms with Crippen LogP contribution < -0.4 is 0 Å². The van der Waals surface area contributed by atoms with Gasteiger partial charge in [-0.15, -0.1) is 15.5 Å². The molecule has 0 aliphatic heterocycles. The summed E-state index contributed by atoms with van der Waals surface area (Å²) < 4.78 is 31.4. The Morgan fingerprint density at radius 2 is 2.11 bits per heavy atom. The average molecular weight is 175 g/mol. The highest BCUT2D eigenvalue weighted by Crippen LogP contribution is 2.05. The SMILES string of the molecule is CCC(Cl)CS(=O)(=O)F. The van der Waals surface area contributed by atoms with Crippen molar-refractivity contribution in [1.29, 1.82) is 0 Å². The third-order valence-corrected chi connectivity index (χ3v) is 2.27. The van der Waals surface area contributed by atoms with E-state index in [0.717, 1.165) is 0 Å². The van der Waals surface area contributed by atoms with E-state index in [1.54, 1.807) is 6.92 Å². The van der Waals surface area contributed by atoms with Gasteiger partial charge in [0.05, 0.1) is 5.75 Å². The molecule has 56 valence electrons. The van der Waals surface area contributed by atoms with Crippen LogP contribution in [0.15, 0.2) is 0 Å². The molecule has 0 amide bonds. The van der Waals surface area contributed by atoms with Crippen molar-refractivity contribution in [2.75, 3.05) is 5.75 Å². The lowest BCUT2D eigenvalue weighted by atomic mass is 10.4. The van der Waals surface area contributed by atoms with Crippen LogP contribution in [0.5, 0.6) is 0 Å². The molecular weight excluding hydrogens is 167 g/mol. The van der Waals surface area contributed by atoms with Crippen LogP contribution in [-0.4, -0.2) is 19.5 Å². The van der Waals surface area contributed by atoms with Gasteiger partial charge in [-0.3, -0.25) is 0 Å². The predicted molar refractivity (Wildman–Crippen MR) is 34.8 cm³/mol. The van der Waals surface area contributed by atoms with E-state index in [-0.39, 0.29) is 0 Å². The molecule has 5 heteroatoms. The van der Waals surface area contributed by atoms with E-state index in [2.05, 4.69) is 0 Å². The second kappa shape index (κ2) is 3.37. The molecule has 0 saturated heterocycles. The van der Waals surface area contributed by atoms with Gasteiger partial charge in [-0.25, -0.2) is 0 Å². The minimum Gasteiger partial charge on any atom is -0.195 e. The largest absolute Gasteiger partial charge is 0.303 e. The first-order valence-corrected chi connectivity index (χ1v) is 4.51. The van der Waals surface area contributed by atoms with E-state index in [9.17, 15) is 12.3 Å². The number of halogens is 2. The summed E-state index contributed by atoms with van der Waals surface area (Å²) in [7, 11) is -4.37. The predicted octanol–water partition coefficient (Wildman–Crippen LogP) is 1.30. The van der Waals surface area contributed by atoms with Gasteiger partial charge in [-0.2, -0.15) is 8.42 Å². The fourth-order valence-electron chi connectivity index (χ4n) is 0.334. The summed E-state index contributed by atoms with van der Waals surface area (Å²) in [6, 6.07) is 0. The smallest absolute Gasteiger partial charge is 0.195 e. The Morgan fingerprint density at radius 3 is 2.22 bits per heavy atom. The third-order valence-electron chi connectivity index (χ3n) is 0.823. The second-order valence-corrected chi connectivity index (χ2v) is 3.74. The summed E-state index contributed by atoms with van der Waals surface area (Å²) in [5.74, 6) is -0.578. The minimum absolute atomic E-state index is 0.463. The summed E-state index contributed by atoms with van der Waals surface area (Å²) >= 11 is 5.33. The van der Waals surface area contributed by atoms with Crippen molar-refractivity contribution in [3.63, 3.8) is 0 Å². The third kappa shape index (κ3) is 6.05. The topological polar surface area (TPSA) is 34.1 Å². The second-order valence-electron chi connectivity index (χ2n) is 1.71. The highest BCUT2D eigenvalue weighted by atomic mass is 35.5. The summed E-state index contributed by atoms with van der Waals surface area (Å²) in [4.78, 5) is 0. The zero-order valence-corrected chi connectivity index (χ0v) is 6.54. The van der Waals surface area contributed by atoms with E-state index >= 15 is 0 Å². The number of alkyl halides is 1. The molecule has 0 heterocycles. The number of hydrogen-bond donors (Lipinski definition) is 0. The van der Waals surface area contributed by atoms with Crippen LogP contribution in [0.4, 0.5) is 3.89 Å². The summed E-state index contributed by atoms with van der Waals surface area (Å²) in [6.07, 6.45) is 0.463. The van der Waals surface area contributed by atoms with E-state index in [1.165, 1.54) is 0 Å². The quantitative estimate of drug-likeness (QED) is 0.478. The van der Waals surface area contributed by atoms with Gasteiger partial charge in [0.15, 0.2) is 0 Å². The van der Waals surface area contributed by atoms with Gasteiger partial charge in [-0.05, 0) is 6.42 Å². The number of hydrogen-bond acceptors (Lipinski definition) is 2. The minimum atomic E-state index is -4.37. The van der Waals surface area contributed by atoms with Gasteiger partial charge >= 0.3 is 10.2 Å². The van der Waals surface area contributed by atoms with Crippen LogP contribution in [0, 0.1) is 0 Å². The van der Waals surface area contributed by atoms with Gasteiger partial charge in [0, 0.05) is 5.38 Å².